The molecule has 0 aliphatic rings. The molecule has 8 heteroatoms. The fourth-order valence-corrected chi connectivity index (χ4v) is 2.10. The Kier molecular flexibility index (Phi) is 12.0. The highest BCUT2D eigenvalue weighted by Gasteiger charge is 2.23. The Morgan fingerprint density at radius 3 is 2.04 bits per heavy atom. The number of ether oxygens (including phenoxy) is 1. The molecule has 3 amide bonds. The molecule has 0 fully saturated rings. The number of hydrogen-bond donors (Lipinski definition) is 4. The molecule has 1 aromatic carbocycles. The molecule has 1 atom stereocenters. The van der Waals surface area contributed by atoms with Gasteiger partial charge in [0, 0.05) is 11.8 Å². The predicted molar refractivity (Wildman–Crippen MR) is 114 cm³/mol. The van der Waals surface area contributed by atoms with Crippen LogP contribution < -0.4 is 16.0 Å². The van der Waals surface area contributed by atoms with Gasteiger partial charge in [-0.05, 0) is 41.5 Å². The fraction of sp³-hybridized carbons (Fsp3) is 0.550. The number of carbonyl (C=O) groups is 3. The molecule has 0 bridgehead atoms. The maximum atomic E-state index is 11.9. The van der Waals surface area contributed by atoms with E-state index < -0.39 is 23.6 Å². The van der Waals surface area contributed by atoms with Crippen molar-refractivity contribution in [2.24, 2.45) is 0 Å². The number of hydrogen-bond acceptors (Lipinski definition) is 5. The van der Waals surface area contributed by atoms with Gasteiger partial charge in [-0.3, -0.25) is 9.59 Å². The smallest absolute Gasteiger partial charge is 0.408 e. The summed E-state index contributed by atoms with van der Waals surface area (Å²) in [6, 6.07) is 9.39. The molecule has 0 spiro atoms. The Morgan fingerprint density at radius 2 is 1.64 bits per heavy atom. The molecule has 28 heavy (non-hydrogen) atoms. The molecule has 0 aliphatic carbocycles. The van der Waals surface area contributed by atoms with Gasteiger partial charge in [0.05, 0.1) is 6.54 Å². The Balaban J connectivity index is 0.000000861. The standard InChI is InChI=1S/C13H25N3O4S.C7H8/c1-8(2)15-10(17)6-14-11(18)9(7-21)16-12(19)20-13(3,4)5;1-7-5-3-2-4-6-7/h8-9,21H,6-7H2,1-5H3,(H,14,18)(H,15,17)(H,16,19);2-6H,1H3. The van der Waals surface area contributed by atoms with Crippen molar-refractivity contribution < 1.29 is 19.1 Å². The third-order valence-electron chi connectivity index (χ3n) is 3.00. The summed E-state index contributed by atoms with van der Waals surface area (Å²) < 4.78 is 5.06. The average Bonchev–Trinajstić information content (AvgIpc) is 2.56. The van der Waals surface area contributed by atoms with E-state index in [-0.39, 0.29) is 24.2 Å². The molecule has 1 aromatic rings. The Labute approximate surface area is 173 Å². The SMILES string of the molecule is CC(C)NC(=O)CNC(=O)C(CS)NC(=O)OC(C)(C)C.Cc1ccccc1. The summed E-state index contributed by atoms with van der Waals surface area (Å²) in [5.41, 5.74) is 0.668. The number of rotatable bonds is 6. The molecule has 0 aromatic heterocycles. The second-order valence-corrected chi connectivity index (χ2v) is 7.84. The minimum atomic E-state index is -0.866. The molecule has 0 heterocycles. The maximum absolute atomic E-state index is 11.9. The van der Waals surface area contributed by atoms with Gasteiger partial charge in [0.1, 0.15) is 11.6 Å². The van der Waals surface area contributed by atoms with E-state index in [1.807, 2.05) is 32.0 Å². The number of amides is 3. The quantitative estimate of drug-likeness (QED) is 0.541. The fourth-order valence-electron chi connectivity index (χ4n) is 1.84. The van der Waals surface area contributed by atoms with Crippen LogP contribution in [0.25, 0.3) is 0 Å². The first-order chi connectivity index (χ1) is 12.9. The van der Waals surface area contributed by atoms with Crippen molar-refractivity contribution in [1.82, 2.24) is 16.0 Å². The molecule has 3 N–H and O–H groups in total. The molecule has 0 aliphatic heterocycles. The van der Waals surface area contributed by atoms with Crippen LogP contribution in [-0.2, 0) is 14.3 Å². The van der Waals surface area contributed by atoms with E-state index in [0.29, 0.717) is 0 Å². The minimum Gasteiger partial charge on any atom is -0.444 e. The van der Waals surface area contributed by atoms with Crippen molar-refractivity contribution in [3.05, 3.63) is 35.9 Å². The van der Waals surface area contributed by atoms with Crippen molar-refractivity contribution in [3.63, 3.8) is 0 Å². The largest absolute Gasteiger partial charge is 0.444 e. The zero-order chi connectivity index (χ0) is 21.7. The van der Waals surface area contributed by atoms with Crippen molar-refractivity contribution >= 4 is 30.5 Å². The van der Waals surface area contributed by atoms with E-state index in [2.05, 4.69) is 47.6 Å². The minimum absolute atomic E-state index is 0.00466. The van der Waals surface area contributed by atoms with Gasteiger partial charge in [-0.1, -0.05) is 35.9 Å². The molecule has 0 radical (unpaired) electrons. The lowest BCUT2D eigenvalue weighted by atomic mass is 10.2. The van der Waals surface area contributed by atoms with Gasteiger partial charge in [0.2, 0.25) is 11.8 Å². The number of nitrogens with one attached hydrogen (secondary N) is 3. The van der Waals surface area contributed by atoms with Crippen LogP contribution in [0.3, 0.4) is 0 Å². The summed E-state index contributed by atoms with van der Waals surface area (Å²) in [7, 11) is 0. The zero-order valence-electron chi connectivity index (χ0n) is 17.5. The highest BCUT2D eigenvalue weighted by molar-refractivity contribution is 7.80. The van der Waals surface area contributed by atoms with Crippen LogP contribution in [0.15, 0.2) is 30.3 Å². The Bertz CT molecular complexity index is 616. The maximum Gasteiger partial charge on any atom is 0.408 e. The molecule has 1 rings (SSSR count). The van der Waals surface area contributed by atoms with Crippen LogP contribution in [0, 0.1) is 6.92 Å². The highest BCUT2D eigenvalue weighted by atomic mass is 32.1. The highest BCUT2D eigenvalue weighted by Crippen LogP contribution is 2.06. The molecule has 0 saturated carbocycles. The first kappa shape index (κ1) is 25.8. The first-order valence-electron chi connectivity index (χ1n) is 9.13. The first-order valence-corrected chi connectivity index (χ1v) is 9.77. The van der Waals surface area contributed by atoms with Gasteiger partial charge in [-0.2, -0.15) is 12.6 Å². The van der Waals surface area contributed by atoms with Crippen molar-refractivity contribution in [3.8, 4) is 0 Å². The van der Waals surface area contributed by atoms with Crippen LogP contribution in [0.4, 0.5) is 4.79 Å². The van der Waals surface area contributed by atoms with Crippen LogP contribution in [0.2, 0.25) is 0 Å². The monoisotopic (exact) mass is 411 g/mol. The lowest BCUT2D eigenvalue weighted by molar-refractivity contribution is -0.127. The van der Waals surface area contributed by atoms with Crippen LogP contribution in [0.5, 0.6) is 0 Å². The third-order valence-corrected chi connectivity index (χ3v) is 3.37. The van der Waals surface area contributed by atoms with Gasteiger partial charge >= 0.3 is 6.09 Å². The normalized spacial score (nSPS) is 11.6. The second-order valence-electron chi connectivity index (χ2n) is 7.48. The van der Waals surface area contributed by atoms with Crippen molar-refractivity contribution in [1.29, 1.82) is 0 Å². The summed E-state index contributed by atoms with van der Waals surface area (Å²) in [5.74, 6) is -0.694. The molecule has 0 saturated heterocycles. The zero-order valence-corrected chi connectivity index (χ0v) is 18.4. The van der Waals surface area contributed by atoms with Gasteiger partial charge in [-0.25, -0.2) is 4.79 Å². The van der Waals surface area contributed by atoms with Gasteiger partial charge < -0.3 is 20.7 Å². The summed E-state index contributed by atoms with van der Waals surface area (Å²) in [5, 5.41) is 7.49. The number of benzene rings is 1. The van der Waals surface area contributed by atoms with E-state index >= 15 is 0 Å². The third kappa shape index (κ3) is 13.9. The number of carbonyl (C=O) groups excluding carboxylic acids is 3. The van der Waals surface area contributed by atoms with Crippen LogP contribution in [-0.4, -0.2) is 47.9 Å². The topological polar surface area (TPSA) is 96.5 Å². The lowest BCUT2D eigenvalue weighted by Crippen LogP contribution is -2.51. The Morgan fingerprint density at radius 1 is 1.07 bits per heavy atom. The van der Waals surface area contributed by atoms with E-state index in [0.717, 1.165) is 0 Å². The molecular weight excluding hydrogens is 378 g/mol. The van der Waals surface area contributed by atoms with E-state index in [1.165, 1.54) is 5.56 Å². The molecule has 1 unspecified atom stereocenters. The van der Waals surface area contributed by atoms with Crippen LogP contribution >= 0.6 is 12.6 Å². The Hall–Kier alpha value is -2.22. The summed E-state index contributed by atoms with van der Waals surface area (Å²) in [6.45, 7) is 10.7. The number of thiol groups is 1. The summed E-state index contributed by atoms with van der Waals surface area (Å²) in [6.07, 6.45) is -0.705. The van der Waals surface area contributed by atoms with Gasteiger partial charge in [0.15, 0.2) is 0 Å². The summed E-state index contributed by atoms with van der Waals surface area (Å²) in [4.78, 5) is 34.9. The van der Waals surface area contributed by atoms with Gasteiger partial charge in [-0.15, -0.1) is 0 Å². The van der Waals surface area contributed by atoms with E-state index in [9.17, 15) is 14.4 Å². The van der Waals surface area contributed by atoms with Crippen molar-refractivity contribution in [2.45, 2.75) is 59.2 Å². The number of alkyl carbamates (subject to hydrolysis) is 1. The lowest BCUT2D eigenvalue weighted by Gasteiger charge is -2.22. The van der Waals surface area contributed by atoms with Gasteiger partial charge in [0.25, 0.3) is 0 Å². The van der Waals surface area contributed by atoms with Crippen molar-refractivity contribution in [2.75, 3.05) is 12.3 Å². The van der Waals surface area contributed by atoms with E-state index in [4.69, 9.17) is 4.74 Å². The average molecular weight is 412 g/mol. The second kappa shape index (κ2) is 13.0. The van der Waals surface area contributed by atoms with E-state index in [1.54, 1.807) is 20.8 Å². The molecule has 158 valence electrons. The number of aryl methyl sites for hydroxylation is 1. The molecule has 7 nitrogen and oxygen atoms in total. The summed E-state index contributed by atoms with van der Waals surface area (Å²) >= 11 is 4.01. The van der Waals surface area contributed by atoms with Crippen LogP contribution in [0.1, 0.15) is 40.2 Å². The predicted octanol–water partition coefficient (Wildman–Crippen LogP) is 2.45. The molecular formula is C20H33N3O4S.